The minimum absolute atomic E-state index is 0.283. The van der Waals surface area contributed by atoms with E-state index in [-0.39, 0.29) is 6.61 Å². The van der Waals surface area contributed by atoms with Gasteiger partial charge in [-0.2, -0.15) is 0 Å². The molecule has 0 heterocycles. The van der Waals surface area contributed by atoms with Crippen LogP contribution in [0.25, 0.3) is 0 Å². The molecule has 0 radical (unpaired) electrons. The van der Waals surface area contributed by atoms with Crippen molar-refractivity contribution in [1.82, 2.24) is 0 Å². The Morgan fingerprint density at radius 1 is 1.27 bits per heavy atom. The predicted octanol–water partition coefficient (Wildman–Crippen LogP) is 3.22. The van der Waals surface area contributed by atoms with Gasteiger partial charge in [-0.1, -0.05) is 17.7 Å². The maximum atomic E-state index is 8.62. The number of rotatable bonds is 6. The Morgan fingerprint density at radius 2 is 2.07 bits per heavy atom. The van der Waals surface area contributed by atoms with Gasteiger partial charge in [-0.15, -0.1) is 0 Å². The molecule has 15 heavy (non-hydrogen) atoms. The van der Waals surface area contributed by atoms with E-state index < -0.39 is 0 Å². The Hall–Kier alpha value is -0.730. The van der Waals surface area contributed by atoms with Crippen LogP contribution in [0.15, 0.2) is 18.2 Å². The molecule has 0 aromatic heterocycles. The van der Waals surface area contributed by atoms with Gasteiger partial charge in [0.05, 0.1) is 10.7 Å². The minimum atomic E-state index is 0.283. The van der Waals surface area contributed by atoms with Crippen LogP contribution in [0.4, 0.5) is 5.69 Å². The summed E-state index contributed by atoms with van der Waals surface area (Å²) in [6.45, 7) is 3.24. The fourth-order valence-electron chi connectivity index (χ4n) is 1.41. The van der Waals surface area contributed by atoms with E-state index in [1.165, 1.54) is 5.56 Å². The standard InChI is InChI=1S/C12H18ClNO/c1-10-5-6-11(13)12(9-10)14-7-3-2-4-8-15/h5-6,9,14-15H,2-4,7-8H2,1H3. The van der Waals surface area contributed by atoms with E-state index in [1.807, 2.05) is 25.1 Å². The van der Waals surface area contributed by atoms with E-state index in [2.05, 4.69) is 5.32 Å². The molecule has 0 aliphatic carbocycles. The van der Waals surface area contributed by atoms with Crippen molar-refractivity contribution in [3.8, 4) is 0 Å². The summed E-state index contributed by atoms with van der Waals surface area (Å²) in [6, 6.07) is 5.96. The van der Waals surface area contributed by atoms with Crippen LogP contribution in [0.2, 0.25) is 5.02 Å². The van der Waals surface area contributed by atoms with Crippen molar-refractivity contribution in [2.75, 3.05) is 18.5 Å². The summed E-state index contributed by atoms with van der Waals surface area (Å²) in [4.78, 5) is 0. The molecule has 0 saturated carbocycles. The Bertz CT molecular complexity index is 302. The first-order valence-electron chi connectivity index (χ1n) is 5.35. The highest BCUT2D eigenvalue weighted by molar-refractivity contribution is 6.33. The molecule has 1 aromatic rings. The lowest BCUT2D eigenvalue weighted by molar-refractivity contribution is 0.283. The normalized spacial score (nSPS) is 10.3. The number of anilines is 1. The Kier molecular flexibility index (Phi) is 5.51. The van der Waals surface area contributed by atoms with Gasteiger partial charge in [-0.05, 0) is 43.9 Å². The number of aliphatic hydroxyl groups is 1. The third-order valence-corrected chi connectivity index (χ3v) is 2.60. The molecule has 84 valence electrons. The second-order valence-electron chi connectivity index (χ2n) is 3.69. The smallest absolute Gasteiger partial charge is 0.0637 e. The van der Waals surface area contributed by atoms with E-state index in [1.54, 1.807) is 0 Å². The van der Waals surface area contributed by atoms with Crippen LogP contribution in [-0.4, -0.2) is 18.3 Å². The topological polar surface area (TPSA) is 32.3 Å². The number of unbranched alkanes of at least 4 members (excludes halogenated alkanes) is 2. The number of benzene rings is 1. The number of hydrogen-bond acceptors (Lipinski definition) is 2. The molecule has 0 amide bonds. The Balaban J connectivity index is 2.33. The van der Waals surface area contributed by atoms with Gasteiger partial charge in [0, 0.05) is 13.2 Å². The van der Waals surface area contributed by atoms with Crippen molar-refractivity contribution in [3.05, 3.63) is 28.8 Å². The minimum Gasteiger partial charge on any atom is -0.396 e. The fourth-order valence-corrected chi connectivity index (χ4v) is 1.60. The number of nitrogens with one attached hydrogen (secondary N) is 1. The van der Waals surface area contributed by atoms with Crippen molar-refractivity contribution in [1.29, 1.82) is 0 Å². The van der Waals surface area contributed by atoms with Gasteiger partial charge in [-0.25, -0.2) is 0 Å². The Morgan fingerprint density at radius 3 is 2.80 bits per heavy atom. The zero-order chi connectivity index (χ0) is 11.1. The molecule has 0 atom stereocenters. The molecule has 0 unspecified atom stereocenters. The highest BCUT2D eigenvalue weighted by atomic mass is 35.5. The van der Waals surface area contributed by atoms with Crippen LogP contribution in [-0.2, 0) is 0 Å². The van der Waals surface area contributed by atoms with Crippen LogP contribution in [0, 0.1) is 6.92 Å². The molecule has 1 aromatic carbocycles. The molecule has 0 spiro atoms. The van der Waals surface area contributed by atoms with Gasteiger partial charge in [0.25, 0.3) is 0 Å². The first-order chi connectivity index (χ1) is 7.24. The second-order valence-corrected chi connectivity index (χ2v) is 4.10. The molecular formula is C12H18ClNO. The zero-order valence-electron chi connectivity index (χ0n) is 9.09. The molecule has 1 rings (SSSR count). The van der Waals surface area contributed by atoms with E-state index in [9.17, 15) is 0 Å². The average molecular weight is 228 g/mol. The molecule has 0 aliphatic rings. The van der Waals surface area contributed by atoms with Crippen molar-refractivity contribution >= 4 is 17.3 Å². The van der Waals surface area contributed by atoms with Crippen molar-refractivity contribution in [3.63, 3.8) is 0 Å². The van der Waals surface area contributed by atoms with E-state index in [0.717, 1.165) is 36.5 Å². The fraction of sp³-hybridized carbons (Fsp3) is 0.500. The third-order valence-electron chi connectivity index (χ3n) is 2.27. The molecule has 0 bridgehead atoms. The average Bonchev–Trinajstić information content (AvgIpc) is 2.23. The van der Waals surface area contributed by atoms with E-state index >= 15 is 0 Å². The molecule has 3 heteroatoms. The van der Waals surface area contributed by atoms with Gasteiger partial charge >= 0.3 is 0 Å². The summed E-state index contributed by atoms with van der Waals surface area (Å²) in [6.07, 6.45) is 2.99. The first-order valence-corrected chi connectivity index (χ1v) is 5.72. The van der Waals surface area contributed by atoms with Crippen LogP contribution < -0.4 is 5.32 Å². The molecule has 0 fully saturated rings. The van der Waals surface area contributed by atoms with Crippen molar-refractivity contribution in [2.24, 2.45) is 0 Å². The van der Waals surface area contributed by atoms with Crippen LogP contribution in [0.1, 0.15) is 24.8 Å². The first kappa shape index (κ1) is 12.3. The highest BCUT2D eigenvalue weighted by Gasteiger charge is 1.98. The van der Waals surface area contributed by atoms with Crippen LogP contribution in [0.3, 0.4) is 0 Å². The molecular weight excluding hydrogens is 210 g/mol. The SMILES string of the molecule is Cc1ccc(Cl)c(NCCCCCO)c1. The summed E-state index contributed by atoms with van der Waals surface area (Å²) >= 11 is 6.03. The maximum Gasteiger partial charge on any atom is 0.0637 e. The summed E-state index contributed by atoms with van der Waals surface area (Å²) < 4.78 is 0. The lowest BCUT2D eigenvalue weighted by Gasteiger charge is -2.08. The maximum absolute atomic E-state index is 8.62. The van der Waals surface area contributed by atoms with Gasteiger partial charge < -0.3 is 10.4 Å². The summed E-state index contributed by atoms with van der Waals surface area (Å²) in [5.74, 6) is 0. The van der Waals surface area contributed by atoms with E-state index in [0.29, 0.717) is 0 Å². The van der Waals surface area contributed by atoms with E-state index in [4.69, 9.17) is 16.7 Å². The van der Waals surface area contributed by atoms with Gasteiger partial charge in [0.2, 0.25) is 0 Å². The predicted molar refractivity (Wildman–Crippen MR) is 65.6 cm³/mol. The number of aliphatic hydroxyl groups excluding tert-OH is 1. The number of hydrogen-bond donors (Lipinski definition) is 2. The quantitative estimate of drug-likeness (QED) is 0.732. The number of halogens is 1. The molecule has 2 N–H and O–H groups in total. The zero-order valence-corrected chi connectivity index (χ0v) is 9.85. The Labute approximate surface area is 96.3 Å². The lowest BCUT2D eigenvalue weighted by Crippen LogP contribution is -2.02. The summed E-state index contributed by atoms with van der Waals surface area (Å²) in [5, 5.41) is 12.7. The highest BCUT2D eigenvalue weighted by Crippen LogP contribution is 2.22. The van der Waals surface area contributed by atoms with Crippen LogP contribution >= 0.6 is 11.6 Å². The van der Waals surface area contributed by atoms with Crippen LogP contribution in [0.5, 0.6) is 0 Å². The third kappa shape index (κ3) is 4.54. The van der Waals surface area contributed by atoms with Gasteiger partial charge in [0.1, 0.15) is 0 Å². The molecule has 0 saturated heterocycles. The summed E-state index contributed by atoms with van der Waals surface area (Å²) in [7, 11) is 0. The van der Waals surface area contributed by atoms with Gasteiger partial charge in [-0.3, -0.25) is 0 Å². The van der Waals surface area contributed by atoms with Crippen molar-refractivity contribution < 1.29 is 5.11 Å². The monoisotopic (exact) mass is 227 g/mol. The molecule has 0 aliphatic heterocycles. The lowest BCUT2D eigenvalue weighted by atomic mass is 10.2. The number of aryl methyl sites for hydroxylation is 1. The second kappa shape index (κ2) is 6.70. The van der Waals surface area contributed by atoms with Gasteiger partial charge in [0.15, 0.2) is 0 Å². The largest absolute Gasteiger partial charge is 0.396 e. The molecule has 2 nitrogen and oxygen atoms in total. The van der Waals surface area contributed by atoms with Crippen molar-refractivity contribution in [2.45, 2.75) is 26.2 Å². The summed E-state index contributed by atoms with van der Waals surface area (Å²) in [5.41, 5.74) is 2.21.